The Kier molecular flexibility index (Phi) is 71.1. The fraction of sp³-hybridized carbons (Fsp3) is 0.317. The Balaban J connectivity index is -0.000000206. The normalized spacial score (nSPS) is 9.63. The molecule has 9 aromatic heterocycles. The first-order valence-corrected chi connectivity index (χ1v) is 34.2. The van der Waals surface area contributed by atoms with Gasteiger partial charge < -0.3 is 68.6 Å². The second-order valence-electron chi connectivity index (χ2n) is 18.0. The summed E-state index contributed by atoms with van der Waals surface area (Å²) >= 11 is 27.6. The molecule has 560 valence electrons. The first-order valence-electron chi connectivity index (χ1n) is 28.0. The largest absolute Gasteiger partial charge is 1.00 e. The quantitative estimate of drug-likeness (QED) is 0.0267. The van der Waals surface area contributed by atoms with Crippen molar-refractivity contribution in [1.29, 1.82) is 0 Å². The molecule has 0 spiro atoms. The summed E-state index contributed by atoms with van der Waals surface area (Å²) in [6, 6.07) is 6.24. The van der Waals surface area contributed by atoms with Gasteiger partial charge in [0.2, 0.25) is 17.7 Å². The number of amides is 3. The van der Waals surface area contributed by atoms with Crippen LogP contribution in [0.15, 0.2) is 91.2 Å². The number of aliphatic hydroxyl groups excluding tert-OH is 1. The number of aryl methyl sites for hydroxylation is 2. The molecule has 9 aromatic rings. The Morgan fingerprint density at radius 3 is 1.23 bits per heavy atom. The van der Waals surface area contributed by atoms with E-state index in [1.165, 1.54) is 129 Å². The van der Waals surface area contributed by atoms with E-state index in [0.717, 1.165) is 42.9 Å². The third-order valence-corrected chi connectivity index (χ3v) is 15.2. The predicted octanol–water partition coefficient (Wildman–Crippen LogP) is 9.05. The van der Waals surface area contributed by atoms with Gasteiger partial charge in [0, 0.05) is 120 Å². The molecule has 24 nitrogen and oxygen atoms in total. The van der Waals surface area contributed by atoms with Crippen molar-refractivity contribution in [3.05, 3.63) is 154 Å². The fourth-order valence-corrected chi connectivity index (χ4v) is 9.32. The molecule has 104 heavy (non-hydrogen) atoms. The first kappa shape index (κ1) is 113. The molecule has 11 N–H and O–H groups in total. The van der Waals surface area contributed by atoms with Gasteiger partial charge in [0.25, 0.3) is 15.0 Å². The number of nitrogen functional groups attached to an aromatic ring is 1. The molecule has 1 aliphatic rings. The number of hydrogen-bond acceptors (Lipinski definition) is 25. The molecule has 1 fully saturated rings. The standard InChI is InChI=1S/C11H10FN3OS.C10H7ClFN3OS.C9H8FN3S.C5H4BClFNO2.C5H2BrClFN.C5H5BrN2OS.C4H8O.C4H9.C2H6B2O.CH5BO2.CH4O.3CH4.Li.Na.H2O/c1-6-9(12)3-8(4-13-6)11-15-10(5-17-11)14-7(2)16;1-5(16)14-8-4-17-10(15-8)6-2-7(12)9(11)13-3-6;1-5-7(10)2-6(3-12-5)9-13-8(11)4-14-9;7-5-4(8)1-3(2-9-5)6(10)11;6-3-1-4(8)5(7)9-2-3;1-3(9)7-4-2-10-5(6)8-4;1-2-4-5-3-1;1-3-4-2;1-3-5-4-2;1-2(3)4;1-2;;;;;;/h3-5H,1-2H3,(H,14,16);2-4H,1H3,(H,14,16);2-4H,11H2,1H3;1-2,10-11H;1-2H;2H,1H3,(H,7,9);1-4H2;1,3-4H2,2H3;1-2H3;3-4H,1H3;2H,1H3;3*1H4;;;1H2/q;;;;;;;-1;;;;;;;2*+1;/p-1. The molecule has 0 bridgehead atoms. The molecular formula is C60H81B4Br2Cl3F5LiN13NaO11S4. The van der Waals surface area contributed by atoms with Crippen molar-refractivity contribution in [3.63, 3.8) is 0 Å². The summed E-state index contributed by atoms with van der Waals surface area (Å²) in [6.45, 7) is 20.1. The number of unbranched alkanes of at least 4 members (excludes halogenated alkanes) is 1. The minimum atomic E-state index is -1.71. The topological polar surface area (TPSA) is 379 Å². The van der Waals surface area contributed by atoms with Crippen molar-refractivity contribution < 1.29 is 125 Å². The van der Waals surface area contributed by atoms with Crippen LogP contribution in [-0.4, -0.2) is 143 Å². The molecule has 44 heteroatoms. The van der Waals surface area contributed by atoms with Gasteiger partial charge in [-0.25, -0.2) is 56.8 Å². The number of ether oxygens (including phenoxy) is 1. The Bertz CT molecular complexity index is 3680. The van der Waals surface area contributed by atoms with E-state index in [-0.39, 0.29) is 126 Å². The smallest absolute Gasteiger partial charge is 0.870 e. The minimum absolute atomic E-state index is 0. The number of aliphatic hydroxyl groups is 1. The number of nitrogens with two attached hydrogens (primary N) is 1. The van der Waals surface area contributed by atoms with E-state index in [1.807, 2.05) is 13.6 Å². The van der Waals surface area contributed by atoms with Crippen LogP contribution in [0.4, 0.5) is 45.2 Å². The summed E-state index contributed by atoms with van der Waals surface area (Å²) in [5.74, 6) is -1.09. The Labute approximate surface area is 688 Å². The maximum absolute atomic E-state index is 13.3. The maximum atomic E-state index is 13.3. The molecule has 3 amide bonds. The van der Waals surface area contributed by atoms with E-state index in [9.17, 15) is 36.3 Å². The molecule has 1 saturated heterocycles. The van der Waals surface area contributed by atoms with E-state index in [1.54, 1.807) is 62.7 Å². The average molecular weight is 1720 g/mol. The molecule has 1 aliphatic heterocycles. The molecule has 0 saturated carbocycles. The molecule has 0 atom stereocenters. The second-order valence-corrected chi connectivity index (χ2v) is 24.7. The summed E-state index contributed by atoms with van der Waals surface area (Å²) in [5.41, 5.74) is 7.98. The molecule has 10 rings (SSSR count). The van der Waals surface area contributed by atoms with Crippen molar-refractivity contribution in [1.82, 2.24) is 44.9 Å². The summed E-state index contributed by atoms with van der Waals surface area (Å²) in [4.78, 5) is 66.8. The third-order valence-electron chi connectivity index (χ3n) is 9.84. The Morgan fingerprint density at radius 2 is 0.952 bits per heavy atom. The predicted molar refractivity (Wildman–Crippen MR) is 414 cm³/mol. The van der Waals surface area contributed by atoms with Crippen LogP contribution in [0.25, 0.3) is 31.7 Å². The number of carbonyl (C=O) groups excluding carboxylic acids is 3. The molecule has 10 heterocycles. The van der Waals surface area contributed by atoms with Gasteiger partial charge in [0.1, 0.15) is 49.9 Å². The van der Waals surface area contributed by atoms with Gasteiger partial charge in [-0.15, -0.1) is 45.3 Å². The number of anilines is 4. The third kappa shape index (κ3) is 51.7. The molecule has 0 unspecified atom stereocenters. The van der Waals surface area contributed by atoms with Crippen molar-refractivity contribution in [3.8, 4) is 31.7 Å². The summed E-state index contributed by atoms with van der Waals surface area (Å²) < 4.78 is 75.4. The summed E-state index contributed by atoms with van der Waals surface area (Å²) in [6.07, 6.45) is 12.0. The van der Waals surface area contributed by atoms with Crippen molar-refractivity contribution in [2.24, 2.45) is 0 Å². The van der Waals surface area contributed by atoms with Crippen LogP contribution in [-0.2, 0) is 23.7 Å². The van der Waals surface area contributed by atoms with Crippen LogP contribution in [0.3, 0.4) is 0 Å². The van der Waals surface area contributed by atoms with Crippen LogP contribution in [0.5, 0.6) is 0 Å². The molecule has 0 aliphatic carbocycles. The number of nitrogens with one attached hydrogen (secondary N) is 3. The van der Waals surface area contributed by atoms with Crippen LogP contribution in [0.2, 0.25) is 35.9 Å². The van der Waals surface area contributed by atoms with E-state index in [2.05, 4.69) is 111 Å². The van der Waals surface area contributed by atoms with Crippen molar-refractivity contribution in [2.75, 3.05) is 42.0 Å². The number of aromatic nitrogens is 9. The Morgan fingerprint density at radius 1 is 0.615 bits per heavy atom. The number of rotatable bonds is 10. The summed E-state index contributed by atoms with van der Waals surface area (Å²) in [7, 11) is 1.37. The van der Waals surface area contributed by atoms with Gasteiger partial charge in [-0.05, 0) is 95.7 Å². The van der Waals surface area contributed by atoms with Gasteiger partial charge in [-0.3, -0.25) is 24.4 Å². The minimum Gasteiger partial charge on any atom is -0.870 e. The van der Waals surface area contributed by atoms with Gasteiger partial charge in [0.15, 0.2) is 36.8 Å². The summed E-state index contributed by atoms with van der Waals surface area (Å²) in [5, 5.41) is 55.2. The number of halogens is 10. The zero-order valence-electron chi connectivity index (χ0n) is 56.6. The van der Waals surface area contributed by atoms with Gasteiger partial charge in [0.05, 0.1) is 11.4 Å². The fourth-order valence-electron chi connectivity index (χ4n) is 5.60. The zero-order valence-corrected chi connectivity index (χ0v) is 67.3. The zero-order chi connectivity index (χ0) is 74.5. The second kappa shape index (κ2) is 65.6. The van der Waals surface area contributed by atoms with Gasteiger partial charge >= 0.3 is 62.7 Å². The molecule has 2 radical (unpaired) electrons. The van der Waals surface area contributed by atoms with Crippen LogP contribution in [0.1, 0.15) is 87.0 Å². The van der Waals surface area contributed by atoms with Gasteiger partial charge in [-0.1, -0.05) is 84.1 Å². The average Bonchev–Trinajstić information content (AvgIpc) is 1.64. The SMILES string of the molecule is C.C.C.C1CCOC1.CB(O)O.CC(=O)Nc1csc(-c2cnc(C)c(F)c2)n1.CC(=O)Nc1csc(-c2cnc(Cl)c(F)c2)n1.CC(=O)Nc1csc(Br)n1.CO.C[B]O[B]C.Cc1ncc(-c2nc(N)cs2)cc1F.Fc1cc(Br)cnc1Cl.OB(O)c1cnc(Cl)c(F)c1.[CH2-]CCC.[Li+].[Na+].[OH-]. The van der Waals surface area contributed by atoms with Gasteiger partial charge in [-0.2, -0.15) is 6.42 Å². The molecular weight excluding hydrogens is 1640 g/mol. The molecule has 0 aromatic carbocycles. The van der Waals surface area contributed by atoms with E-state index in [0.29, 0.717) is 70.8 Å². The van der Waals surface area contributed by atoms with Crippen LogP contribution >= 0.6 is 112 Å². The van der Waals surface area contributed by atoms with Crippen molar-refractivity contribution in [2.45, 2.75) is 110 Å². The van der Waals surface area contributed by atoms with Crippen LogP contribution in [0, 0.1) is 49.9 Å². The van der Waals surface area contributed by atoms with Crippen LogP contribution < -0.4 is 75.6 Å². The number of thiazole rings is 4. The number of carbonyl (C=O) groups is 3. The first-order chi connectivity index (χ1) is 46.3. The Hall–Kier alpha value is -4.50. The number of pyridine rings is 5. The number of nitrogens with zero attached hydrogens (tertiary/aromatic N) is 9. The number of hydrogen-bond donors (Lipinski definition) is 9. The van der Waals surface area contributed by atoms with E-state index >= 15 is 0 Å². The maximum Gasteiger partial charge on any atom is 1.00 e. The monoisotopic (exact) mass is 1720 g/mol. The van der Waals surface area contributed by atoms with E-state index < -0.39 is 31.7 Å². The van der Waals surface area contributed by atoms with E-state index in [4.69, 9.17) is 70.5 Å². The van der Waals surface area contributed by atoms with Crippen molar-refractivity contribution >= 4 is 188 Å².